The summed E-state index contributed by atoms with van der Waals surface area (Å²) in [6.07, 6.45) is 0. The minimum absolute atomic E-state index is 0.314. The summed E-state index contributed by atoms with van der Waals surface area (Å²) in [6.45, 7) is 2.08. The lowest BCUT2D eigenvalue weighted by atomic mass is 10.2. The number of nitrogens with one attached hydrogen (secondary N) is 1. The number of carbonyl (C=O) groups is 1. The molecule has 0 saturated heterocycles. The van der Waals surface area contributed by atoms with E-state index >= 15 is 0 Å². The van der Waals surface area contributed by atoms with Crippen molar-refractivity contribution in [2.45, 2.75) is 6.92 Å². The van der Waals surface area contributed by atoms with Crippen LogP contribution in [-0.2, 0) is 4.79 Å². The number of aliphatic hydroxyl groups is 1. The standard InChI is InChI=1S/C11H14ClNO3/c1-8-2-3-9(12)10(6-8)16-5-4-13-11(15)7-14/h2-3,6,14H,4-5,7H2,1H3,(H,13,15). The highest BCUT2D eigenvalue weighted by Gasteiger charge is 2.02. The summed E-state index contributed by atoms with van der Waals surface area (Å²) in [4.78, 5) is 10.7. The molecule has 0 atom stereocenters. The molecule has 1 amide bonds. The summed E-state index contributed by atoms with van der Waals surface area (Å²) in [7, 11) is 0. The molecule has 1 aromatic rings. The monoisotopic (exact) mass is 243 g/mol. The predicted octanol–water partition coefficient (Wildman–Crippen LogP) is 1.14. The molecule has 0 heterocycles. The van der Waals surface area contributed by atoms with Crippen molar-refractivity contribution >= 4 is 17.5 Å². The lowest BCUT2D eigenvalue weighted by Crippen LogP contribution is -2.30. The van der Waals surface area contributed by atoms with E-state index in [1.165, 1.54) is 0 Å². The van der Waals surface area contributed by atoms with E-state index in [4.69, 9.17) is 21.4 Å². The van der Waals surface area contributed by atoms with Crippen molar-refractivity contribution in [3.8, 4) is 5.75 Å². The Morgan fingerprint density at radius 2 is 2.31 bits per heavy atom. The van der Waals surface area contributed by atoms with Crippen LogP contribution in [0.25, 0.3) is 0 Å². The Morgan fingerprint density at radius 1 is 1.56 bits per heavy atom. The van der Waals surface area contributed by atoms with Crippen LogP contribution in [0.2, 0.25) is 5.02 Å². The van der Waals surface area contributed by atoms with Crippen molar-refractivity contribution in [1.82, 2.24) is 5.32 Å². The Morgan fingerprint density at radius 3 is 3.00 bits per heavy atom. The van der Waals surface area contributed by atoms with E-state index in [2.05, 4.69) is 5.32 Å². The minimum atomic E-state index is -0.509. The number of rotatable bonds is 5. The number of aryl methyl sites for hydroxylation is 1. The number of ether oxygens (including phenoxy) is 1. The normalized spacial score (nSPS) is 9.94. The van der Waals surface area contributed by atoms with Gasteiger partial charge in [-0.05, 0) is 24.6 Å². The van der Waals surface area contributed by atoms with Gasteiger partial charge in [-0.2, -0.15) is 0 Å². The maximum absolute atomic E-state index is 10.7. The quantitative estimate of drug-likeness (QED) is 0.763. The van der Waals surface area contributed by atoms with Crippen molar-refractivity contribution in [2.75, 3.05) is 19.8 Å². The summed E-state index contributed by atoms with van der Waals surface area (Å²) in [5.74, 6) is 0.179. The summed E-state index contributed by atoms with van der Waals surface area (Å²) in [5.41, 5.74) is 1.05. The van der Waals surface area contributed by atoms with E-state index in [9.17, 15) is 4.79 Å². The number of carbonyl (C=O) groups excluding carboxylic acids is 1. The molecular weight excluding hydrogens is 230 g/mol. The Balaban J connectivity index is 2.37. The highest BCUT2D eigenvalue weighted by Crippen LogP contribution is 2.24. The highest BCUT2D eigenvalue weighted by molar-refractivity contribution is 6.32. The molecule has 0 radical (unpaired) electrons. The van der Waals surface area contributed by atoms with Crippen LogP contribution in [0.5, 0.6) is 5.75 Å². The van der Waals surface area contributed by atoms with Crippen molar-refractivity contribution in [1.29, 1.82) is 0 Å². The van der Waals surface area contributed by atoms with E-state index in [-0.39, 0.29) is 0 Å². The Kier molecular flexibility index (Phi) is 5.08. The first kappa shape index (κ1) is 12.8. The zero-order valence-corrected chi connectivity index (χ0v) is 9.75. The molecule has 0 aromatic heterocycles. The van der Waals surface area contributed by atoms with Gasteiger partial charge < -0.3 is 15.2 Å². The smallest absolute Gasteiger partial charge is 0.245 e. The molecule has 0 aliphatic rings. The third-order valence-electron chi connectivity index (χ3n) is 1.91. The number of hydrogen-bond donors (Lipinski definition) is 2. The lowest BCUT2D eigenvalue weighted by Gasteiger charge is -2.09. The SMILES string of the molecule is Cc1ccc(Cl)c(OCCNC(=O)CO)c1. The van der Waals surface area contributed by atoms with Crippen LogP contribution in [0, 0.1) is 6.92 Å². The predicted molar refractivity (Wildman–Crippen MR) is 61.8 cm³/mol. The molecule has 0 fully saturated rings. The van der Waals surface area contributed by atoms with Gasteiger partial charge in [0.15, 0.2) is 0 Å². The molecule has 16 heavy (non-hydrogen) atoms. The second-order valence-electron chi connectivity index (χ2n) is 3.29. The van der Waals surface area contributed by atoms with Crippen LogP contribution in [0.3, 0.4) is 0 Å². The molecule has 0 bridgehead atoms. The van der Waals surface area contributed by atoms with E-state index < -0.39 is 12.5 Å². The number of hydrogen-bond acceptors (Lipinski definition) is 3. The molecule has 2 N–H and O–H groups in total. The number of amides is 1. The topological polar surface area (TPSA) is 58.6 Å². The van der Waals surface area contributed by atoms with Gasteiger partial charge in [0, 0.05) is 0 Å². The molecule has 5 heteroatoms. The van der Waals surface area contributed by atoms with E-state index in [0.717, 1.165) is 5.56 Å². The van der Waals surface area contributed by atoms with Gasteiger partial charge in [0.2, 0.25) is 5.91 Å². The molecule has 0 saturated carbocycles. The first-order valence-electron chi connectivity index (χ1n) is 4.90. The van der Waals surface area contributed by atoms with Gasteiger partial charge in [0.05, 0.1) is 11.6 Å². The summed E-state index contributed by atoms with van der Waals surface area (Å²) >= 11 is 5.91. The first-order valence-corrected chi connectivity index (χ1v) is 5.28. The van der Waals surface area contributed by atoms with Crippen molar-refractivity contribution < 1.29 is 14.6 Å². The summed E-state index contributed by atoms with van der Waals surface area (Å²) in [6, 6.07) is 5.48. The van der Waals surface area contributed by atoms with Gasteiger partial charge in [-0.1, -0.05) is 17.7 Å². The molecule has 4 nitrogen and oxygen atoms in total. The average Bonchev–Trinajstić information content (AvgIpc) is 2.28. The van der Waals surface area contributed by atoms with Crippen LogP contribution < -0.4 is 10.1 Å². The van der Waals surface area contributed by atoms with Crippen LogP contribution in [0.1, 0.15) is 5.56 Å². The molecule has 1 rings (SSSR count). The maximum Gasteiger partial charge on any atom is 0.245 e. The van der Waals surface area contributed by atoms with Gasteiger partial charge in [-0.25, -0.2) is 0 Å². The van der Waals surface area contributed by atoms with Crippen molar-refractivity contribution in [3.63, 3.8) is 0 Å². The fraction of sp³-hybridized carbons (Fsp3) is 0.364. The first-order chi connectivity index (χ1) is 7.63. The third kappa shape index (κ3) is 4.08. The van der Waals surface area contributed by atoms with Crippen LogP contribution in [-0.4, -0.2) is 30.8 Å². The van der Waals surface area contributed by atoms with E-state index in [1.807, 2.05) is 19.1 Å². The molecule has 0 aliphatic carbocycles. The van der Waals surface area contributed by atoms with Gasteiger partial charge in [0.25, 0.3) is 0 Å². The Labute approximate surface area is 99.2 Å². The average molecular weight is 244 g/mol. The molecule has 0 aliphatic heterocycles. The molecular formula is C11H14ClNO3. The summed E-state index contributed by atoms with van der Waals surface area (Å²) < 4.78 is 5.38. The summed E-state index contributed by atoms with van der Waals surface area (Å²) in [5, 5.41) is 11.5. The van der Waals surface area contributed by atoms with Gasteiger partial charge in [-0.15, -0.1) is 0 Å². The van der Waals surface area contributed by atoms with E-state index in [0.29, 0.717) is 23.9 Å². The molecule has 0 unspecified atom stereocenters. The zero-order chi connectivity index (χ0) is 12.0. The van der Waals surface area contributed by atoms with Crippen LogP contribution in [0.4, 0.5) is 0 Å². The fourth-order valence-corrected chi connectivity index (χ4v) is 1.30. The number of benzene rings is 1. The number of aliphatic hydroxyl groups excluding tert-OH is 1. The molecule has 88 valence electrons. The lowest BCUT2D eigenvalue weighted by molar-refractivity contribution is -0.123. The number of halogens is 1. The highest BCUT2D eigenvalue weighted by atomic mass is 35.5. The molecule has 1 aromatic carbocycles. The second-order valence-corrected chi connectivity index (χ2v) is 3.70. The third-order valence-corrected chi connectivity index (χ3v) is 2.22. The molecule has 0 spiro atoms. The minimum Gasteiger partial charge on any atom is -0.490 e. The van der Waals surface area contributed by atoms with Gasteiger partial charge in [-0.3, -0.25) is 4.79 Å². The Hall–Kier alpha value is -1.26. The maximum atomic E-state index is 10.7. The Bertz CT molecular complexity index is 368. The van der Waals surface area contributed by atoms with Gasteiger partial charge in [0.1, 0.15) is 19.0 Å². The largest absolute Gasteiger partial charge is 0.490 e. The fourth-order valence-electron chi connectivity index (χ4n) is 1.13. The van der Waals surface area contributed by atoms with Crippen molar-refractivity contribution in [3.05, 3.63) is 28.8 Å². The van der Waals surface area contributed by atoms with Crippen LogP contribution in [0.15, 0.2) is 18.2 Å². The van der Waals surface area contributed by atoms with Gasteiger partial charge >= 0.3 is 0 Å². The second kappa shape index (κ2) is 6.35. The zero-order valence-electron chi connectivity index (χ0n) is 9.00. The van der Waals surface area contributed by atoms with E-state index in [1.54, 1.807) is 6.07 Å². The van der Waals surface area contributed by atoms with Crippen molar-refractivity contribution in [2.24, 2.45) is 0 Å². The van der Waals surface area contributed by atoms with Crippen LogP contribution >= 0.6 is 11.6 Å².